The number of carbonyl (C=O) groups excluding carboxylic acids is 1. The number of Topliss-reactive ketones (excluding diaryl/α,β-unsaturated/α-hetero) is 1. The summed E-state index contributed by atoms with van der Waals surface area (Å²) in [4.78, 5) is 23.3. The zero-order chi connectivity index (χ0) is 16.8. The lowest BCUT2D eigenvalue weighted by Crippen LogP contribution is -2.14. The van der Waals surface area contributed by atoms with Gasteiger partial charge in [-0.2, -0.15) is 10.4 Å². The van der Waals surface area contributed by atoms with Crippen LogP contribution in [0.3, 0.4) is 0 Å². The van der Waals surface area contributed by atoms with E-state index in [1.165, 1.54) is 36.4 Å². The second kappa shape index (κ2) is 7.20. The smallest absolute Gasteiger partial charge is 0.337 e. The van der Waals surface area contributed by atoms with Crippen molar-refractivity contribution in [3.63, 3.8) is 0 Å². The van der Waals surface area contributed by atoms with Crippen molar-refractivity contribution in [1.82, 2.24) is 0 Å². The third-order valence-corrected chi connectivity index (χ3v) is 3.12. The van der Waals surface area contributed by atoms with Crippen LogP contribution in [0.4, 0.5) is 5.69 Å². The SMILES string of the molecule is N#C/C(=N/Nc1ccccc1C(=O)O)C(=O)c1ccc(Cl)cc1. The third kappa shape index (κ3) is 3.93. The fourth-order valence-electron chi connectivity index (χ4n) is 1.75. The number of aromatic carboxylic acids is 1. The van der Waals surface area contributed by atoms with Crippen LogP contribution in [0, 0.1) is 11.3 Å². The Morgan fingerprint density at radius 3 is 2.39 bits per heavy atom. The van der Waals surface area contributed by atoms with Crippen LogP contribution in [-0.4, -0.2) is 22.6 Å². The predicted octanol–water partition coefficient (Wildman–Crippen LogP) is 3.21. The molecule has 114 valence electrons. The summed E-state index contributed by atoms with van der Waals surface area (Å²) in [6.45, 7) is 0. The van der Waals surface area contributed by atoms with E-state index in [0.29, 0.717) is 5.02 Å². The van der Waals surface area contributed by atoms with Gasteiger partial charge in [-0.15, -0.1) is 0 Å². The van der Waals surface area contributed by atoms with Crippen LogP contribution in [0.25, 0.3) is 0 Å². The minimum Gasteiger partial charge on any atom is -0.478 e. The maximum absolute atomic E-state index is 12.2. The number of carboxylic acid groups (broad SMARTS) is 1. The van der Waals surface area contributed by atoms with E-state index >= 15 is 0 Å². The number of nitrogens with zero attached hydrogens (tertiary/aromatic N) is 2. The van der Waals surface area contributed by atoms with E-state index < -0.39 is 17.5 Å². The molecule has 0 spiro atoms. The summed E-state index contributed by atoms with van der Waals surface area (Å²) in [5, 5.41) is 22.3. The Labute approximate surface area is 136 Å². The van der Waals surface area contributed by atoms with Gasteiger partial charge in [0.25, 0.3) is 0 Å². The first-order valence-corrected chi connectivity index (χ1v) is 6.77. The van der Waals surface area contributed by atoms with E-state index in [1.807, 2.05) is 0 Å². The van der Waals surface area contributed by atoms with Crippen LogP contribution in [0.1, 0.15) is 20.7 Å². The van der Waals surface area contributed by atoms with Crippen LogP contribution in [0.2, 0.25) is 5.02 Å². The number of nitriles is 1. The van der Waals surface area contributed by atoms with Gasteiger partial charge < -0.3 is 5.11 Å². The van der Waals surface area contributed by atoms with Gasteiger partial charge >= 0.3 is 5.97 Å². The van der Waals surface area contributed by atoms with Crippen molar-refractivity contribution in [3.05, 3.63) is 64.7 Å². The highest BCUT2D eigenvalue weighted by Gasteiger charge is 2.15. The van der Waals surface area contributed by atoms with Crippen LogP contribution in [-0.2, 0) is 0 Å². The van der Waals surface area contributed by atoms with Gasteiger partial charge in [-0.3, -0.25) is 10.2 Å². The highest BCUT2D eigenvalue weighted by molar-refractivity contribution is 6.51. The number of carbonyl (C=O) groups is 2. The molecule has 2 aromatic rings. The average Bonchev–Trinajstić information content (AvgIpc) is 2.56. The molecule has 0 amide bonds. The number of hydrogen-bond acceptors (Lipinski definition) is 5. The zero-order valence-electron chi connectivity index (χ0n) is 11.7. The maximum Gasteiger partial charge on any atom is 0.337 e. The molecule has 0 saturated carbocycles. The molecule has 6 nitrogen and oxygen atoms in total. The van der Waals surface area contributed by atoms with E-state index in [4.69, 9.17) is 22.0 Å². The van der Waals surface area contributed by atoms with Crippen LogP contribution in [0.5, 0.6) is 0 Å². The quantitative estimate of drug-likeness (QED) is 0.498. The summed E-state index contributed by atoms with van der Waals surface area (Å²) in [5.41, 5.74) is 2.46. The largest absolute Gasteiger partial charge is 0.478 e. The van der Waals surface area contributed by atoms with Crippen molar-refractivity contribution < 1.29 is 14.7 Å². The van der Waals surface area contributed by atoms with Gasteiger partial charge in [0, 0.05) is 10.6 Å². The van der Waals surface area contributed by atoms with Gasteiger partial charge in [-0.1, -0.05) is 23.7 Å². The second-order valence-corrected chi connectivity index (χ2v) is 4.81. The Morgan fingerprint density at radius 1 is 1.13 bits per heavy atom. The lowest BCUT2D eigenvalue weighted by molar-refractivity contribution is 0.0697. The number of para-hydroxylation sites is 1. The molecule has 0 radical (unpaired) electrons. The first-order chi connectivity index (χ1) is 11.0. The maximum atomic E-state index is 12.2. The van der Waals surface area contributed by atoms with E-state index in [2.05, 4.69) is 10.5 Å². The molecule has 0 saturated heterocycles. The van der Waals surface area contributed by atoms with Crippen molar-refractivity contribution in [2.45, 2.75) is 0 Å². The number of benzene rings is 2. The standard InChI is InChI=1S/C16H10ClN3O3/c17-11-7-5-10(6-8-11)15(21)14(9-18)20-19-13-4-2-1-3-12(13)16(22)23/h1-8,19H,(H,22,23)/b20-14-. The molecule has 23 heavy (non-hydrogen) atoms. The Morgan fingerprint density at radius 2 is 1.78 bits per heavy atom. The van der Waals surface area contributed by atoms with Crippen LogP contribution >= 0.6 is 11.6 Å². The molecule has 2 N–H and O–H groups in total. The topological polar surface area (TPSA) is 103 Å². The summed E-state index contributed by atoms with van der Waals surface area (Å²) in [6.07, 6.45) is 0. The van der Waals surface area contributed by atoms with E-state index in [9.17, 15) is 9.59 Å². The Balaban J connectivity index is 2.26. The molecule has 2 aromatic carbocycles. The average molecular weight is 328 g/mol. The van der Waals surface area contributed by atoms with Crippen LogP contribution in [0.15, 0.2) is 53.6 Å². The summed E-state index contributed by atoms with van der Waals surface area (Å²) < 4.78 is 0. The van der Waals surface area contributed by atoms with Gasteiger partial charge in [-0.05, 0) is 36.4 Å². The molecule has 0 aliphatic carbocycles. The summed E-state index contributed by atoms with van der Waals surface area (Å²) in [6, 6.07) is 13.7. The van der Waals surface area contributed by atoms with E-state index in [1.54, 1.807) is 18.2 Å². The molecular formula is C16H10ClN3O3. The molecule has 0 atom stereocenters. The van der Waals surface area contributed by atoms with Gasteiger partial charge in [0.05, 0.1) is 11.3 Å². The first kappa shape index (κ1) is 16.2. The van der Waals surface area contributed by atoms with Crippen molar-refractivity contribution in [1.29, 1.82) is 5.26 Å². The molecule has 0 fully saturated rings. The van der Waals surface area contributed by atoms with E-state index in [0.717, 1.165) is 0 Å². The molecule has 0 aliphatic rings. The summed E-state index contributed by atoms with van der Waals surface area (Å²) in [5.74, 6) is -1.74. The monoisotopic (exact) mass is 327 g/mol. The zero-order valence-corrected chi connectivity index (χ0v) is 12.4. The fraction of sp³-hybridized carbons (Fsp3) is 0. The minimum atomic E-state index is -1.15. The highest BCUT2D eigenvalue weighted by Crippen LogP contribution is 2.15. The molecular weight excluding hydrogens is 318 g/mol. The lowest BCUT2D eigenvalue weighted by Gasteiger charge is -2.05. The van der Waals surface area contributed by atoms with Gasteiger partial charge in [0.2, 0.25) is 11.5 Å². The van der Waals surface area contributed by atoms with Crippen molar-refractivity contribution >= 4 is 34.8 Å². The number of anilines is 1. The second-order valence-electron chi connectivity index (χ2n) is 4.37. The van der Waals surface area contributed by atoms with Crippen LogP contribution < -0.4 is 5.43 Å². The molecule has 2 rings (SSSR count). The number of halogens is 1. The molecule has 0 aromatic heterocycles. The summed E-state index contributed by atoms with van der Waals surface area (Å²) in [7, 11) is 0. The van der Waals surface area contributed by atoms with Gasteiger partial charge in [0.15, 0.2) is 0 Å². The third-order valence-electron chi connectivity index (χ3n) is 2.87. The predicted molar refractivity (Wildman–Crippen MR) is 85.9 cm³/mol. The normalized spacial score (nSPS) is 10.7. The van der Waals surface area contributed by atoms with Gasteiger partial charge in [-0.25, -0.2) is 4.79 Å². The molecule has 0 unspecified atom stereocenters. The number of hydrogen-bond donors (Lipinski definition) is 2. The number of carboxylic acids is 1. The molecule has 0 heterocycles. The summed E-state index contributed by atoms with van der Waals surface area (Å²) >= 11 is 5.74. The number of hydrazone groups is 1. The van der Waals surface area contributed by atoms with Crippen molar-refractivity contribution in [2.24, 2.45) is 5.10 Å². The Hall–Kier alpha value is -3.17. The first-order valence-electron chi connectivity index (χ1n) is 6.39. The number of ketones is 1. The van der Waals surface area contributed by atoms with E-state index in [-0.39, 0.29) is 16.8 Å². The van der Waals surface area contributed by atoms with Gasteiger partial charge in [0.1, 0.15) is 6.07 Å². The van der Waals surface area contributed by atoms with Crippen molar-refractivity contribution in [2.75, 3.05) is 5.43 Å². The molecule has 0 aliphatic heterocycles. The minimum absolute atomic E-state index is 0.0209. The fourth-order valence-corrected chi connectivity index (χ4v) is 1.87. The van der Waals surface area contributed by atoms with Crippen molar-refractivity contribution in [3.8, 4) is 6.07 Å². The Bertz CT molecular complexity index is 823. The number of rotatable bonds is 5. The molecule has 0 bridgehead atoms. The highest BCUT2D eigenvalue weighted by atomic mass is 35.5. The molecule has 7 heteroatoms. The Kier molecular flexibility index (Phi) is 5.07. The number of nitrogens with one attached hydrogen (secondary N) is 1. The lowest BCUT2D eigenvalue weighted by atomic mass is 10.1.